The number of benzene rings is 1. The van der Waals surface area contributed by atoms with E-state index in [0.29, 0.717) is 12.1 Å². The Kier molecular flexibility index (Phi) is 3.90. The van der Waals surface area contributed by atoms with Crippen LogP contribution >= 0.6 is 15.9 Å². The number of halogens is 7. The Balaban J connectivity index is 3.51. The van der Waals surface area contributed by atoms with Crippen molar-refractivity contribution in [2.24, 2.45) is 0 Å². The molecule has 0 fully saturated rings. The fourth-order valence-electron chi connectivity index (χ4n) is 1.38. The SMILES string of the molecule is Cc1cc(C(F)(C(F)F)C(F)(F)F)cc(Br)c1N. The van der Waals surface area contributed by atoms with Crippen molar-refractivity contribution in [2.75, 3.05) is 5.73 Å². The van der Waals surface area contributed by atoms with Gasteiger partial charge in [-0.1, -0.05) is 6.07 Å². The van der Waals surface area contributed by atoms with Gasteiger partial charge in [-0.05, 0) is 34.5 Å². The Morgan fingerprint density at radius 1 is 1.17 bits per heavy atom. The van der Waals surface area contributed by atoms with E-state index in [-0.39, 0.29) is 15.7 Å². The average molecular weight is 336 g/mol. The molecule has 1 nitrogen and oxygen atoms in total. The first-order chi connectivity index (χ1) is 8.01. The zero-order valence-electron chi connectivity index (χ0n) is 8.96. The molecule has 0 bridgehead atoms. The molecule has 0 aliphatic heterocycles. The summed E-state index contributed by atoms with van der Waals surface area (Å²) in [5.74, 6) is 0. The van der Waals surface area contributed by atoms with Crippen LogP contribution in [0.2, 0.25) is 0 Å². The summed E-state index contributed by atoms with van der Waals surface area (Å²) in [5, 5.41) is 0. The molecule has 0 spiro atoms. The van der Waals surface area contributed by atoms with Gasteiger partial charge in [-0.2, -0.15) is 13.2 Å². The first-order valence-electron chi connectivity index (χ1n) is 4.61. The maximum Gasteiger partial charge on any atom is 0.432 e. The fraction of sp³-hybridized carbons (Fsp3) is 0.400. The minimum absolute atomic E-state index is 0.0653. The van der Waals surface area contributed by atoms with Gasteiger partial charge >= 0.3 is 6.18 Å². The minimum Gasteiger partial charge on any atom is -0.398 e. The van der Waals surface area contributed by atoms with Crippen LogP contribution in [0.5, 0.6) is 0 Å². The second-order valence-corrected chi connectivity index (χ2v) is 4.55. The van der Waals surface area contributed by atoms with Gasteiger partial charge in [0.15, 0.2) is 0 Å². The topological polar surface area (TPSA) is 26.0 Å². The second-order valence-electron chi connectivity index (χ2n) is 3.70. The molecule has 0 aliphatic carbocycles. The molecule has 1 atom stereocenters. The third-order valence-corrected chi connectivity index (χ3v) is 3.13. The van der Waals surface area contributed by atoms with Crippen LogP contribution in [0.1, 0.15) is 11.1 Å². The van der Waals surface area contributed by atoms with Crippen molar-refractivity contribution >= 4 is 21.6 Å². The van der Waals surface area contributed by atoms with Crippen molar-refractivity contribution < 1.29 is 26.3 Å². The van der Waals surface area contributed by atoms with Crippen molar-refractivity contribution in [1.82, 2.24) is 0 Å². The predicted octanol–water partition coefficient (Wildman–Crippen LogP) is 4.33. The summed E-state index contributed by atoms with van der Waals surface area (Å²) in [6.07, 6.45) is -9.95. The van der Waals surface area contributed by atoms with Crippen molar-refractivity contribution in [3.63, 3.8) is 0 Å². The average Bonchev–Trinajstić information content (AvgIpc) is 2.21. The van der Waals surface area contributed by atoms with Crippen molar-refractivity contribution in [3.05, 3.63) is 27.7 Å². The third kappa shape index (κ3) is 2.30. The van der Waals surface area contributed by atoms with Crippen LogP contribution in [0.3, 0.4) is 0 Å². The lowest BCUT2D eigenvalue weighted by Gasteiger charge is -2.28. The van der Waals surface area contributed by atoms with Crippen LogP contribution in [-0.2, 0) is 5.67 Å². The summed E-state index contributed by atoms with van der Waals surface area (Å²) < 4.78 is 76.1. The first kappa shape index (κ1) is 15.1. The summed E-state index contributed by atoms with van der Waals surface area (Å²) in [6.45, 7) is 1.30. The summed E-state index contributed by atoms with van der Waals surface area (Å²) in [6, 6.07) is 1.28. The highest BCUT2D eigenvalue weighted by atomic mass is 79.9. The Labute approximate surface area is 107 Å². The van der Waals surface area contributed by atoms with E-state index >= 15 is 0 Å². The Bertz CT molecular complexity index is 435. The van der Waals surface area contributed by atoms with Crippen molar-refractivity contribution in [2.45, 2.75) is 25.2 Å². The quantitative estimate of drug-likeness (QED) is 0.631. The smallest absolute Gasteiger partial charge is 0.398 e. The van der Waals surface area contributed by atoms with Gasteiger partial charge in [0, 0.05) is 15.7 Å². The van der Waals surface area contributed by atoms with E-state index in [4.69, 9.17) is 5.73 Å². The summed E-state index contributed by atoms with van der Waals surface area (Å²) >= 11 is 2.80. The van der Waals surface area contributed by atoms with Crippen molar-refractivity contribution in [1.29, 1.82) is 0 Å². The molecule has 0 aromatic heterocycles. The maximum atomic E-state index is 13.7. The van der Waals surface area contributed by atoms with Gasteiger partial charge in [0.25, 0.3) is 12.1 Å². The summed E-state index contributed by atoms with van der Waals surface area (Å²) in [4.78, 5) is 0. The van der Waals surface area contributed by atoms with Gasteiger partial charge in [0.1, 0.15) is 0 Å². The fourth-order valence-corrected chi connectivity index (χ4v) is 1.94. The number of anilines is 1. The molecule has 1 aromatic rings. The van der Waals surface area contributed by atoms with E-state index in [1.54, 1.807) is 0 Å². The summed E-state index contributed by atoms with van der Waals surface area (Å²) in [7, 11) is 0. The van der Waals surface area contributed by atoms with Gasteiger partial charge in [-0.3, -0.25) is 0 Å². The second kappa shape index (κ2) is 4.64. The van der Waals surface area contributed by atoms with E-state index in [9.17, 15) is 26.3 Å². The van der Waals surface area contributed by atoms with Gasteiger partial charge in [0.05, 0.1) is 0 Å². The molecule has 18 heavy (non-hydrogen) atoms. The van der Waals surface area contributed by atoms with E-state index < -0.39 is 23.8 Å². The largest absolute Gasteiger partial charge is 0.432 e. The highest BCUT2D eigenvalue weighted by molar-refractivity contribution is 9.10. The van der Waals surface area contributed by atoms with Crippen LogP contribution in [0.25, 0.3) is 0 Å². The standard InChI is InChI=1S/C10H8BrF6N/c1-4-2-5(3-6(11)7(4)18)9(14,8(12)13)10(15,16)17/h2-3,8H,18H2,1H3. The molecule has 0 heterocycles. The lowest BCUT2D eigenvalue weighted by Crippen LogP contribution is -2.44. The Morgan fingerprint density at radius 3 is 2.00 bits per heavy atom. The number of rotatable bonds is 2. The van der Waals surface area contributed by atoms with Crippen LogP contribution in [0, 0.1) is 6.92 Å². The van der Waals surface area contributed by atoms with E-state index in [1.165, 1.54) is 6.92 Å². The normalized spacial score (nSPS) is 15.8. The van der Waals surface area contributed by atoms with Crippen LogP contribution < -0.4 is 5.73 Å². The molecule has 0 amide bonds. The molecule has 0 aliphatic rings. The maximum absolute atomic E-state index is 13.7. The molecule has 0 saturated heterocycles. The molecule has 0 radical (unpaired) electrons. The number of hydrogen-bond acceptors (Lipinski definition) is 1. The third-order valence-electron chi connectivity index (χ3n) is 2.47. The lowest BCUT2D eigenvalue weighted by atomic mass is 9.93. The molecular weight excluding hydrogens is 328 g/mol. The molecule has 1 unspecified atom stereocenters. The van der Waals surface area contributed by atoms with Gasteiger partial charge in [-0.25, -0.2) is 13.2 Å². The number of hydrogen-bond donors (Lipinski definition) is 1. The van der Waals surface area contributed by atoms with Gasteiger partial charge in [0.2, 0.25) is 0 Å². The van der Waals surface area contributed by atoms with E-state index in [0.717, 1.165) is 0 Å². The number of aryl methyl sites for hydroxylation is 1. The zero-order chi connectivity index (χ0) is 14.3. The molecule has 102 valence electrons. The highest BCUT2D eigenvalue weighted by Gasteiger charge is 2.64. The molecule has 1 aromatic carbocycles. The predicted molar refractivity (Wildman–Crippen MR) is 58.1 cm³/mol. The first-order valence-corrected chi connectivity index (χ1v) is 5.41. The molecular formula is C10H8BrF6N. The monoisotopic (exact) mass is 335 g/mol. The minimum atomic E-state index is -5.72. The molecule has 2 N–H and O–H groups in total. The number of alkyl halides is 6. The van der Waals surface area contributed by atoms with Crippen LogP contribution in [-0.4, -0.2) is 12.6 Å². The van der Waals surface area contributed by atoms with E-state index in [2.05, 4.69) is 15.9 Å². The Morgan fingerprint density at radius 2 is 1.67 bits per heavy atom. The highest BCUT2D eigenvalue weighted by Crippen LogP contribution is 2.48. The lowest BCUT2D eigenvalue weighted by molar-refractivity contribution is -0.274. The van der Waals surface area contributed by atoms with Crippen LogP contribution in [0.15, 0.2) is 16.6 Å². The van der Waals surface area contributed by atoms with Crippen molar-refractivity contribution in [3.8, 4) is 0 Å². The van der Waals surface area contributed by atoms with Gasteiger partial charge in [-0.15, -0.1) is 0 Å². The summed E-state index contributed by atoms with van der Waals surface area (Å²) in [5.41, 5.74) is -0.308. The molecule has 8 heteroatoms. The Hall–Kier alpha value is -0.920. The molecule has 0 saturated carbocycles. The van der Waals surface area contributed by atoms with E-state index in [1.807, 2.05) is 0 Å². The van der Waals surface area contributed by atoms with Gasteiger partial charge < -0.3 is 5.73 Å². The van der Waals surface area contributed by atoms with Crippen LogP contribution in [0.4, 0.5) is 32.0 Å². The zero-order valence-corrected chi connectivity index (χ0v) is 10.5. The number of nitrogen functional groups attached to an aromatic ring is 1. The number of nitrogens with two attached hydrogens (primary N) is 1. The molecule has 1 rings (SSSR count).